The van der Waals surface area contributed by atoms with E-state index in [1.165, 1.54) is 0 Å². The highest BCUT2D eigenvalue weighted by molar-refractivity contribution is 6.29. The molecule has 0 bridgehead atoms. The Bertz CT molecular complexity index is 3250. The van der Waals surface area contributed by atoms with Gasteiger partial charge < -0.3 is 37.6 Å². The van der Waals surface area contributed by atoms with Gasteiger partial charge in [-0.05, 0) is 71.4 Å². The summed E-state index contributed by atoms with van der Waals surface area (Å²) < 4.78 is 36.8. The fourth-order valence-corrected chi connectivity index (χ4v) is 9.06. The van der Waals surface area contributed by atoms with Gasteiger partial charge in [-0.15, -0.1) is 0 Å². The number of methoxy groups -OCH3 is 4. The van der Waals surface area contributed by atoms with Crippen LogP contribution < -0.4 is 28.7 Å². The SMILES string of the molecule is COc1ccc(N(c2ccccc2)c2cc3oc4c(ccc5c4oc4cc(N(c6ccccc6)c6ccc(OC)c(OC)c6)c6ccccc6c45)c3c3ccccc23)cc1OC. The van der Waals surface area contributed by atoms with E-state index in [9.17, 15) is 0 Å². The minimum atomic E-state index is 0.638. The Hall–Kier alpha value is -8.10. The van der Waals surface area contributed by atoms with Crippen LogP contribution in [0.15, 0.2) is 179 Å². The summed E-state index contributed by atoms with van der Waals surface area (Å²) in [7, 11) is 6.61. The molecule has 302 valence electrons. The minimum Gasteiger partial charge on any atom is -0.493 e. The Morgan fingerprint density at radius 3 is 1.08 bits per heavy atom. The molecule has 9 aromatic carbocycles. The highest BCUT2D eigenvalue weighted by atomic mass is 16.5. The van der Waals surface area contributed by atoms with E-state index >= 15 is 0 Å². The molecule has 0 amide bonds. The highest BCUT2D eigenvalue weighted by Gasteiger charge is 2.26. The van der Waals surface area contributed by atoms with Crippen molar-refractivity contribution in [2.24, 2.45) is 0 Å². The molecule has 0 atom stereocenters. The van der Waals surface area contributed by atoms with E-state index in [2.05, 4.69) is 107 Å². The van der Waals surface area contributed by atoms with Gasteiger partial charge >= 0.3 is 0 Å². The predicted molar refractivity (Wildman–Crippen MR) is 252 cm³/mol. The standard InChI is InChI=1S/C54H40N2O6/c1-57-45-27-23-35(29-47(45)59-3)55(33-15-7-5-8-16-33)43-31-49-51(39-21-13-11-19-37(39)43)41-25-26-42-52-40-22-14-12-20-38(40)44(32-50(52)62-54(42)53(41)61-49)56(34-17-9-6-10-18-34)36-24-28-46(58-2)48(30-36)60-4/h5-32H,1-4H3. The minimum absolute atomic E-state index is 0.638. The monoisotopic (exact) mass is 812 g/mol. The molecule has 0 aliphatic heterocycles. The van der Waals surface area contributed by atoms with Gasteiger partial charge in [-0.25, -0.2) is 0 Å². The summed E-state index contributed by atoms with van der Waals surface area (Å²) in [5, 5.41) is 8.27. The van der Waals surface area contributed by atoms with E-state index < -0.39 is 0 Å². The molecule has 0 unspecified atom stereocenters. The number of para-hydroxylation sites is 2. The molecule has 8 nitrogen and oxygen atoms in total. The molecule has 2 heterocycles. The first kappa shape index (κ1) is 36.9. The van der Waals surface area contributed by atoms with Crippen LogP contribution in [0.5, 0.6) is 23.0 Å². The van der Waals surface area contributed by atoms with Gasteiger partial charge in [0.2, 0.25) is 0 Å². The van der Waals surface area contributed by atoms with E-state index in [1.54, 1.807) is 28.4 Å². The zero-order chi connectivity index (χ0) is 41.9. The number of hydrogen-bond acceptors (Lipinski definition) is 8. The zero-order valence-electron chi connectivity index (χ0n) is 34.5. The molecule has 8 heteroatoms. The van der Waals surface area contributed by atoms with Crippen LogP contribution in [0.3, 0.4) is 0 Å². The first-order chi connectivity index (χ1) is 30.6. The molecule has 11 aromatic rings. The molecule has 0 aliphatic rings. The van der Waals surface area contributed by atoms with Crippen molar-refractivity contribution in [1.82, 2.24) is 0 Å². The third kappa shape index (κ3) is 5.75. The summed E-state index contributed by atoms with van der Waals surface area (Å²) in [6.45, 7) is 0. The lowest BCUT2D eigenvalue weighted by Crippen LogP contribution is -2.10. The fourth-order valence-electron chi connectivity index (χ4n) is 9.06. The maximum absolute atomic E-state index is 7.02. The van der Waals surface area contributed by atoms with E-state index in [0.29, 0.717) is 34.2 Å². The average molecular weight is 813 g/mol. The lowest BCUT2D eigenvalue weighted by molar-refractivity contribution is 0.355. The second-order valence-electron chi connectivity index (χ2n) is 15.1. The first-order valence-corrected chi connectivity index (χ1v) is 20.4. The predicted octanol–water partition coefficient (Wildman–Crippen LogP) is 14.8. The van der Waals surface area contributed by atoms with Crippen molar-refractivity contribution in [3.8, 4) is 23.0 Å². The molecular weight excluding hydrogens is 773 g/mol. The fraction of sp³-hybridized carbons (Fsp3) is 0.0741. The van der Waals surface area contributed by atoms with Crippen LogP contribution >= 0.6 is 0 Å². The van der Waals surface area contributed by atoms with Gasteiger partial charge in [0.25, 0.3) is 0 Å². The van der Waals surface area contributed by atoms with Crippen LogP contribution in [0.2, 0.25) is 0 Å². The maximum atomic E-state index is 7.02. The molecule has 0 saturated carbocycles. The zero-order valence-corrected chi connectivity index (χ0v) is 34.5. The lowest BCUT2D eigenvalue weighted by Gasteiger charge is -2.27. The van der Waals surface area contributed by atoms with Crippen LogP contribution in [-0.4, -0.2) is 28.4 Å². The molecule has 62 heavy (non-hydrogen) atoms. The normalized spacial score (nSPS) is 11.5. The lowest BCUT2D eigenvalue weighted by atomic mass is 9.98. The van der Waals surface area contributed by atoms with Crippen LogP contribution in [0, 0.1) is 0 Å². The van der Waals surface area contributed by atoms with E-state index in [0.717, 1.165) is 88.4 Å². The van der Waals surface area contributed by atoms with E-state index in [1.807, 2.05) is 72.8 Å². The third-order valence-electron chi connectivity index (χ3n) is 11.8. The summed E-state index contributed by atoms with van der Waals surface area (Å²) in [6.07, 6.45) is 0. The molecule has 0 aliphatic carbocycles. The van der Waals surface area contributed by atoms with Crippen LogP contribution in [-0.2, 0) is 0 Å². The van der Waals surface area contributed by atoms with Gasteiger partial charge in [-0.2, -0.15) is 0 Å². The van der Waals surface area contributed by atoms with Crippen LogP contribution in [0.1, 0.15) is 0 Å². The summed E-state index contributed by atoms with van der Waals surface area (Å²) in [6, 6.07) is 58.3. The Morgan fingerprint density at radius 1 is 0.323 bits per heavy atom. The molecule has 0 N–H and O–H groups in total. The van der Waals surface area contributed by atoms with Crippen molar-refractivity contribution in [1.29, 1.82) is 0 Å². The third-order valence-corrected chi connectivity index (χ3v) is 11.8. The number of nitrogens with zero attached hydrogens (tertiary/aromatic N) is 2. The summed E-state index contributed by atoms with van der Waals surface area (Å²) in [4.78, 5) is 4.47. The molecular formula is C54H40N2O6. The first-order valence-electron chi connectivity index (χ1n) is 20.4. The highest BCUT2D eigenvalue weighted by Crippen LogP contribution is 2.50. The number of benzene rings is 9. The van der Waals surface area contributed by atoms with Crippen molar-refractivity contribution in [3.63, 3.8) is 0 Å². The van der Waals surface area contributed by atoms with Crippen LogP contribution in [0.25, 0.3) is 65.4 Å². The van der Waals surface area contributed by atoms with Crippen molar-refractivity contribution >= 4 is 99.5 Å². The number of rotatable bonds is 10. The summed E-state index contributed by atoms with van der Waals surface area (Å²) in [5.74, 6) is 2.59. The van der Waals surface area contributed by atoms with Gasteiger partial charge in [0, 0.05) is 68.0 Å². The summed E-state index contributed by atoms with van der Waals surface area (Å²) >= 11 is 0. The van der Waals surface area contributed by atoms with Crippen molar-refractivity contribution in [2.45, 2.75) is 0 Å². The molecule has 0 saturated heterocycles. The van der Waals surface area contributed by atoms with E-state index in [4.69, 9.17) is 27.8 Å². The Labute approximate surface area is 357 Å². The number of fused-ring (bicyclic) bond motifs is 11. The number of anilines is 6. The second-order valence-corrected chi connectivity index (χ2v) is 15.1. The molecule has 0 radical (unpaired) electrons. The Morgan fingerprint density at radius 2 is 0.694 bits per heavy atom. The molecule has 0 fully saturated rings. The van der Waals surface area contributed by atoms with Crippen LogP contribution in [0.4, 0.5) is 34.1 Å². The molecule has 0 spiro atoms. The largest absolute Gasteiger partial charge is 0.493 e. The van der Waals surface area contributed by atoms with Gasteiger partial charge in [0.05, 0.1) is 51.2 Å². The van der Waals surface area contributed by atoms with E-state index in [-0.39, 0.29) is 0 Å². The number of furan rings is 2. The molecule has 11 rings (SSSR count). The van der Waals surface area contributed by atoms with Gasteiger partial charge in [-0.1, -0.05) is 84.9 Å². The Balaban J connectivity index is 1.16. The Kier molecular flexibility index (Phi) is 8.86. The number of ether oxygens (including phenoxy) is 4. The summed E-state index contributed by atoms with van der Waals surface area (Å²) in [5.41, 5.74) is 8.59. The maximum Gasteiger partial charge on any atom is 0.178 e. The topological polar surface area (TPSA) is 69.7 Å². The van der Waals surface area contributed by atoms with Gasteiger partial charge in [0.1, 0.15) is 11.2 Å². The van der Waals surface area contributed by atoms with Crippen molar-refractivity contribution in [3.05, 3.63) is 170 Å². The van der Waals surface area contributed by atoms with Crippen molar-refractivity contribution in [2.75, 3.05) is 38.2 Å². The average Bonchev–Trinajstić information content (AvgIpc) is 3.91. The quantitative estimate of drug-likeness (QED) is 0.135. The van der Waals surface area contributed by atoms with Gasteiger partial charge in [-0.3, -0.25) is 0 Å². The molecule has 2 aromatic heterocycles. The number of hydrogen-bond donors (Lipinski definition) is 0. The smallest absolute Gasteiger partial charge is 0.178 e. The van der Waals surface area contributed by atoms with Gasteiger partial charge in [0.15, 0.2) is 34.2 Å². The van der Waals surface area contributed by atoms with Crippen molar-refractivity contribution < 1.29 is 27.8 Å². The second kappa shape index (κ2) is 14.9.